The van der Waals surface area contributed by atoms with Crippen LogP contribution in [0.4, 0.5) is 37.3 Å². The molecule has 2 saturated heterocycles. The van der Waals surface area contributed by atoms with E-state index in [-0.39, 0.29) is 61.7 Å². The number of hydrogen-bond donors (Lipinski definition) is 2. The predicted octanol–water partition coefficient (Wildman–Crippen LogP) is 7.49. The molecule has 2 atom stereocenters. The Hall–Kier alpha value is -3.39. The number of benzene rings is 2. The lowest BCUT2D eigenvalue weighted by Crippen LogP contribution is -2.49. The van der Waals surface area contributed by atoms with Crippen molar-refractivity contribution in [2.24, 2.45) is 5.41 Å². The average Bonchev–Trinajstić information content (AvgIpc) is 3.60. The molecule has 3 N–H and O–H groups in total. The van der Waals surface area contributed by atoms with Crippen molar-refractivity contribution >= 4 is 43.4 Å². The molecule has 4 heterocycles. The molecule has 0 radical (unpaired) electrons. The van der Waals surface area contributed by atoms with Gasteiger partial charge in [0.15, 0.2) is 10.9 Å². The molecule has 238 valence electrons. The number of anilines is 2. The Morgan fingerprint density at radius 2 is 1.84 bits per heavy atom. The number of nitrogens with one attached hydrogen (secondary N) is 1. The van der Waals surface area contributed by atoms with Crippen LogP contribution in [0.2, 0.25) is 0 Å². The normalized spacial score (nSPS) is 24.7. The summed E-state index contributed by atoms with van der Waals surface area (Å²) >= 11 is 0.765. The van der Waals surface area contributed by atoms with E-state index < -0.39 is 40.6 Å². The third kappa shape index (κ3) is 4.69. The van der Waals surface area contributed by atoms with Gasteiger partial charge in [-0.05, 0) is 68.7 Å². The van der Waals surface area contributed by atoms with Gasteiger partial charge in [0.05, 0.1) is 21.3 Å². The summed E-state index contributed by atoms with van der Waals surface area (Å²) in [6.07, 6.45) is 0.994. The zero-order chi connectivity index (χ0) is 31.3. The first kappa shape index (κ1) is 29.0. The van der Waals surface area contributed by atoms with Crippen molar-refractivity contribution in [1.82, 2.24) is 19.9 Å². The summed E-state index contributed by atoms with van der Waals surface area (Å²) in [5.41, 5.74) is 2.62. The van der Waals surface area contributed by atoms with Gasteiger partial charge in [0, 0.05) is 35.5 Å². The molecule has 1 spiro atoms. The standard InChI is InChI=1S/C31H30F6N6OS/c32-15-10-30(7-2-8-43(30)13-15)14-44-28-41-23-18(26(42-28)39-16-11-29(12-16)5-1-6-29)9-19(31(35,36)37)21(22(23)34)17-3-4-20(33)25-24(17)40-27(38)45-25/h3-4,9,15-16H,1-2,5-8,10-14H2,(H2,38,40)(H,39,41,42)/t15-,30+/m1/s1. The molecule has 45 heavy (non-hydrogen) atoms. The Morgan fingerprint density at radius 1 is 1.04 bits per heavy atom. The average molecular weight is 649 g/mol. The summed E-state index contributed by atoms with van der Waals surface area (Å²) in [7, 11) is 0. The summed E-state index contributed by atoms with van der Waals surface area (Å²) < 4.78 is 95.7. The van der Waals surface area contributed by atoms with Crippen LogP contribution in [0.3, 0.4) is 0 Å². The topological polar surface area (TPSA) is 89.2 Å². The van der Waals surface area contributed by atoms with E-state index >= 15 is 4.39 Å². The second kappa shape index (κ2) is 10.1. The van der Waals surface area contributed by atoms with E-state index in [4.69, 9.17) is 10.5 Å². The Kier molecular flexibility index (Phi) is 6.49. The highest BCUT2D eigenvalue weighted by Crippen LogP contribution is 2.56. The van der Waals surface area contributed by atoms with Crippen LogP contribution in [0.1, 0.15) is 56.9 Å². The summed E-state index contributed by atoms with van der Waals surface area (Å²) in [5.74, 6) is -1.94. The molecule has 2 aromatic carbocycles. The van der Waals surface area contributed by atoms with Crippen LogP contribution in [-0.2, 0) is 6.18 Å². The molecular formula is C31H30F6N6OS. The first-order valence-electron chi connectivity index (χ1n) is 15.2. The fraction of sp³-hybridized carbons (Fsp3) is 0.516. The third-order valence-corrected chi connectivity index (χ3v) is 11.2. The van der Waals surface area contributed by atoms with Gasteiger partial charge in [-0.25, -0.2) is 18.2 Å². The molecule has 2 saturated carbocycles. The van der Waals surface area contributed by atoms with Crippen LogP contribution in [0, 0.1) is 17.0 Å². The maximum absolute atomic E-state index is 16.7. The number of nitrogens with two attached hydrogens (primary N) is 1. The van der Waals surface area contributed by atoms with Crippen LogP contribution in [0.5, 0.6) is 6.01 Å². The maximum Gasteiger partial charge on any atom is 0.417 e. The number of hydrogen-bond acceptors (Lipinski definition) is 8. The zero-order valence-electron chi connectivity index (χ0n) is 24.1. The number of nitrogens with zero attached hydrogens (tertiary/aromatic N) is 4. The lowest BCUT2D eigenvalue weighted by molar-refractivity contribution is -0.137. The number of ether oxygens (including phenoxy) is 1. The molecule has 2 aromatic heterocycles. The molecule has 4 aromatic rings. The second-order valence-corrected chi connectivity index (χ2v) is 14.2. The largest absolute Gasteiger partial charge is 0.461 e. The SMILES string of the molecule is Nc1nc2c(-c3c(C(F)(F)F)cc4c(NC5CC6(CCC6)C5)nc(OC[C@@]56CCCN5C[C@H](F)C6)nc4c3F)ccc(F)c2s1. The highest BCUT2D eigenvalue weighted by atomic mass is 32.1. The summed E-state index contributed by atoms with van der Waals surface area (Å²) in [4.78, 5) is 14.9. The molecule has 4 aliphatic rings. The number of halogens is 6. The van der Waals surface area contributed by atoms with Crippen molar-refractivity contribution in [1.29, 1.82) is 0 Å². The fourth-order valence-electron chi connectivity index (χ4n) is 8.08. The molecule has 2 aliphatic heterocycles. The minimum atomic E-state index is -4.98. The van der Waals surface area contributed by atoms with Crippen LogP contribution in [-0.4, -0.2) is 57.3 Å². The molecule has 7 nitrogen and oxygen atoms in total. The van der Waals surface area contributed by atoms with Gasteiger partial charge in [0.1, 0.15) is 29.9 Å². The lowest BCUT2D eigenvalue weighted by Gasteiger charge is -2.54. The van der Waals surface area contributed by atoms with Gasteiger partial charge < -0.3 is 15.8 Å². The van der Waals surface area contributed by atoms with Crippen molar-refractivity contribution in [3.63, 3.8) is 0 Å². The smallest absolute Gasteiger partial charge is 0.417 e. The number of rotatable bonds is 6. The van der Waals surface area contributed by atoms with Crippen LogP contribution < -0.4 is 15.8 Å². The van der Waals surface area contributed by atoms with Crippen molar-refractivity contribution in [2.75, 3.05) is 30.7 Å². The summed E-state index contributed by atoms with van der Waals surface area (Å²) in [6, 6.07) is 2.62. The number of alkyl halides is 4. The molecular weight excluding hydrogens is 618 g/mol. The van der Waals surface area contributed by atoms with Gasteiger partial charge in [-0.1, -0.05) is 17.8 Å². The molecule has 4 fully saturated rings. The quantitative estimate of drug-likeness (QED) is 0.210. The number of nitrogen functional groups attached to an aromatic ring is 1. The van der Waals surface area contributed by atoms with E-state index in [9.17, 15) is 22.0 Å². The molecule has 8 rings (SSSR count). The fourth-order valence-corrected chi connectivity index (χ4v) is 8.84. The highest BCUT2D eigenvalue weighted by molar-refractivity contribution is 7.22. The van der Waals surface area contributed by atoms with E-state index in [0.717, 1.165) is 81.0 Å². The van der Waals surface area contributed by atoms with Crippen molar-refractivity contribution in [3.05, 3.63) is 35.4 Å². The monoisotopic (exact) mass is 648 g/mol. The Morgan fingerprint density at radius 3 is 2.58 bits per heavy atom. The molecule has 0 unspecified atom stereocenters. The van der Waals surface area contributed by atoms with Crippen molar-refractivity contribution in [2.45, 2.75) is 75.3 Å². The third-order valence-electron chi connectivity index (χ3n) is 10.3. The Labute approximate surface area is 258 Å². The van der Waals surface area contributed by atoms with Crippen LogP contribution >= 0.6 is 11.3 Å². The van der Waals surface area contributed by atoms with Gasteiger partial charge in [0.2, 0.25) is 0 Å². The summed E-state index contributed by atoms with van der Waals surface area (Å²) in [6.45, 7) is 1.12. The van der Waals surface area contributed by atoms with Crippen molar-refractivity contribution < 1.29 is 31.1 Å². The molecule has 14 heteroatoms. The van der Waals surface area contributed by atoms with Gasteiger partial charge >= 0.3 is 12.2 Å². The Balaban J connectivity index is 1.27. The van der Waals surface area contributed by atoms with E-state index in [1.165, 1.54) is 0 Å². The van der Waals surface area contributed by atoms with Gasteiger partial charge in [-0.3, -0.25) is 4.90 Å². The van der Waals surface area contributed by atoms with Gasteiger partial charge in [-0.15, -0.1) is 0 Å². The first-order chi connectivity index (χ1) is 21.4. The molecule has 2 aliphatic carbocycles. The zero-order valence-corrected chi connectivity index (χ0v) is 24.9. The first-order valence-corrected chi connectivity index (χ1v) is 16.0. The molecule has 0 amide bonds. The lowest BCUT2D eigenvalue weighted by atomic mass is 9.54. The van der Waals surface area contributed by atoms with E-state index in [2.05, 4.69) is 25.2 Å². The van der Waals surface area contributed by atoms with E-state index in [0.29, 0.717) is 13.0 Å². The number of aromatic nitrogens is 3. The molecule has 0 bridgehead atoms. The summed E-state index contributed by atoms with van der Waals surface area (Å²) in [5, 5.41) is 3.05. The van der Waals surface area contributed by atoms with Crippen LogP contribution in [0.15, 0.2) is 18.2 Å². The number of thiazole rings is 1. The second-order valence-electron chi connectivity index (χ2n) is 13.2. The van der Waals surface area contributed by atoms with Gasteiger partial charge in [0.25, 0.3) is 0 Å². The van der Waals surface area contributed by atoms with E-state index in [1.54, 1.807) is 0 Å². The maximum atomic E-state index is 16.7. The highest BCUT2D eigenvalue weighted by Gasteiger charge is 2.50. The van der Waals surface area contributed by atoms with Crippen molar-refractivity contribution in [3.8, 4) is 17.1 Å². The minimum Gasteiger partial charge on any atom is -0.461 e. The van der Waals surface area contributed by atoms with E-state index in [1.807, 2.05) is 0 Å². The number of fused-ring (bicyclic) bond motifs is 3. The van der Waals surface area contributed by atoms with Gasteiger partial charge in [-0.2, -0.15) is 23.1 Å². The minimum absolute atomic E-state index is 0.0443. The predicted molar refractivity (Wildman–Crippen MR) is 159 cm³/mol. The Bertz CT molecular complexity index is 1840. The van der Waals surface area contributed by atoms with Crippen LogP contribution in [0.25, 0.3) is 32.2 Å².